The van der Waals surface area contributed by atoms with E-state index in [9.17, 15) is 40.8 Å². The zero-order valence-electron chi connectivity index (χ0n) is 35.9. The van der Waals surface area contributed by atoms with Gasteiger partial charge in [-0.2, -0.15) is 13.2 Å². The number of halogens is 3. The van der Waals surface area contributed by atoms with Gasteiger partial charge in [-0.25, -0.2) is 23.2 Å². The summed E-state index contributed by atoms with van der Waals surface area (Å²) in [6.45, 7) is 13.5. The summed E-state index contributed by atoms with van der Waals surface area (Å²) in [6, 6.07) is 1.57. The zero-order valence-corrected chi connectivity index (χ0v) is 36.7. The van der Waals surface area contributed by atoms with Gasteiger partial charge in [-0.05, 0) is 104 Å². The number of hydrogen-bond acceptors (Lipinski definition) is 11. The van der Waals surface area contributed by atoms with Crippen LogP contribution < -0.4 is 24.8 Å². The smallest absolute Gasteiger partial charge is 0.438 e. The molecule has 3 N–H and O–H groups in total. The lowest BCUT2D eigenvalue weighted by molar-refractivity contribution is -0.143. The number of sulfonamides is 1. The molecule has 3 fully saturated rings. The third-order valence-electron chi connectivity index (χ3n) is 11.8. The Bertz CT molecular complexity index is 2170. The highest BCUT2D eigenvalue weighted by Gasteiger charge is 2.63. The third kappa shape index (κ3) is 10.3. The molecule has 2 aromatic rings. The van der Waals surface area contributed by atoms with Gasteiger partial charge in [-0.1, -0.05) is 32.4 Å². The van der Waals surface area contributed by atoms with Crippen molar-refractivity contribution in [3.63, 3.8) is 0 Å². The maximum atomic E-state index is 14.9. The molecule has 2 aliphatic heterocycles. The first-order chi connectivity index (χ1) is 28.3. The second-order valence-electron chi connectivity index (χ2n) is 18.5. The number of allylic oxidation sites excluding steroid dienone is 1. The monoisotopic (exact) mass is 878 g/mol. The third-order valence-corrected chi connectivity index (χ3v) is 14.0. The molecule has 4 amide bonds. The van der Waals surface area contributed by atoms with Crippen LogP contribution in [0.1, 0.15) is 112 Å². The van der Waals surface area contributed by atoms with Crippen molar-refractivity contribution in [2.24, 2.45) is 17.8 Å². The lowest BCUT2D eigenvalue weighted by Gasteiger charge is -2.34. The number of alkyl halides is 3. The van der Waals surface area contributed by atoms with E-state index in [0.29, 0.717) is 44.3 Å². The van der Waals surface area contributed by atoms with Crippen molar-refractivity contribution in [3.8, 4) is 11.6 Å². The Labute approximate surface area is 354 Å². The van der Waals surface area contributed by atoms with Crippen molar-refractivity contribution >= 4 is 44.9 Å². The molecule has 4 aliphatic rings. The van der Waals surface area contributed by atoms with Crippen molar-refractivity contribution in [3.05, 3.63) is 36.0 Å². The van der Waals surface area contributed by atoms with Crippen molar-refractivity contribution in [1.29, 1.82) is 0 Å². The van der Waals surface area contributed by atoms with Gasteiger partial charge in [0.25, 0.3) is 5.91 Å². The summed E-state index contributed by atoms with van der Waals surface area (Å²) in [6.07, 6.45) is -1.14. The lowest BCUT2D eigenvalue weighted by Crippen LogP contribution is -2.59. The Kier molecular flexibility index (Phi) is 12.7. The van der Waals surface area contributed by atoms with E-state index < -0.39 is 104 Å². The molecule has 19 heteroatoms. The fourth-order valence-electron chi connectivity index (χ4n) is 8.04. The van der Waals surface area contributed by atoms with Gasteiger partial charge in [0.2, 0.25) is 33.4 Å². The minimum atomic E-state index is -5.01. The summed E-state index contributed by atoms with van der Waals surface area (Å²) in [5, 5.41) is 5.49. The van der Waals surface area contributed by atoms with Gasteiger partial charge < -0.3 is 29.7 Å². The predicted octanol–water partition coefficient (Wildman–Crippen LogP) is 5.95. The number of ether oxygens (including phenoxy) is 3. The Morgan fingerprint density at radius 3 is 2.41 bits per heavy atom. The van der Waals surface area contributed by atoms with Crippen LogP contribution in [0.2, 0.25) is 0 Å². The average Bonchev–Trinajstić information content (AvgIpc) is 4.02. The standard InChI is InChI=1S/C42H57F3N6O9S/c1-9-25-18-24(4)12-10-11-13-26-21-41(26,37(54)50-61(56,57)40(8)16-17-40)49-34(52)31-20-28(22-51(31)36(53)32(25)48-38(55)60-39(5,6)7)59-35-33(42(43,44)45)46-29-15-14-27(58-23(2)3)19-30(29)47-35/h11,13-15,19,23-26,28,31-32H,9-10,12,16-18,20-22H2,1-8H3,(H,48,55)(H,49,52)(H,50,54). The van der Waals surface area contributed by atoms with Crippen molar-refractivity contribution in [2.75, 3.05) is 6.54 Å². The number of nitrogens with zero attached hydrogens (tertiary/aromatic N) is 3. The Morgan fingerprint density at radius 1 is 1.08 bits per heavy atom. The van der Waals surface area contributed by atoms with Crippen LogP contribution in [0.5, 0.6) is 11.6 Å². The molecule has 0 spiro atoms. The maximum Gasteiger partial charge on any atom is 0.438 e. The molecule has 1 aromatic carbocycles. The van der Waals surface area contributed by atoms with Crippen molar-refractivity contribution < 1.29 is 55.0 Å². The van der Waals surface area contributed by atoms with E-state index in [0.717, 1.165) is 4.90 Å². The molecule has 3 heterocycles. The summed E-state index contributed by atoms with van der Waals surface area (Å²) in [5.41, 5.74) is -4.08. The first kappa shape index (κ1) is 45.8. The van der Waals surface area contributed by atoms with Gasteiger partial charge in [0.1, 0.15) is 35.1 Å². The minimum absolute atomic E-state index is 0.0380. The molecule has 0 radical (unpaired) electrons. The van der Waals surface area contributed by atoms with E-state index in [1.165, 1.54) is 25.1 Å². The van der Waals surface area contributed by atoms with Crippen molar-refractivity contribution in [2.45, 2.75) is 153 Å². The topological polar surface area (TPSA) is 195 Å². The molecule has 1 aromatic heterocycles. The summed E-state index contributed by atoms with van der Waals surface area (Å²) >= 11 is 0. The van der Waals surface area contributed by atoms with Crippen LogP contribution in [0.3, 0.4) is 0 Å². The Morgan fingerprint density at radius 2 is 1.79 bits per heavy atom. The van der Waals surface area contributed by atoms with Crippen LogP contribution in [-0.2, 0) is 35.3 Å². The van der Waals surface area contributed by atoms with Gasteiger partial charge in [0.05, 0.1) is 28.4 Å². The molecule has 61 heavy (non-hydrogen) atoms. The maximum absolute atomic E-state index is 14.9. The molecule has 336 valence electrons. The van der Waals surface area contributed by atoms with Crippen LogP contribution in [0.15, 0.2) is 30.4 Å². The average molecular weight is 879 g/mol. The largest absolute Gasteiger partial charge is 0.491 e. The van der Waals surface area contributed by atoms with E-state index in [1.54, 1.807) is 40.7 Å². The second-order valence-corrected chi connectivity index (χ2v) is 20.7. The van der Waals surface area contributed by atoms with Crippen LogP contribution in [-0.4, -0.2) is 93.8 Å². The number of alkyl carbamates (subject to hydrolysis) is 1. The number of aromatic nitrogens is 2. The van der Waals surface area contributed by atoms with E-state index >= 15 is 0 Å². The van der Waals surface area contributed by atoms with Gasteiger partial charge in [0.15, 0.2) is 0 Å². The predicted molar refractivity (Wildman–Crippen MR) is 218 cm³/mol. The second kappa shape index (κ2) is 16.9. The normalized spacial score (nSPS) is 28.2. The number of benzene rings is 1. The summed E-state index contributed by atoms with van der Waals surface area (Å²) in [5.74, 6) is -4.05. The van der Waals surface area contributed by atoms with E-state index in [-0.39, 0.29) is 35.9 Å². The van der Waals surface area contributed by atoms with Gasteiger partial charge in [-0.15, -0.1) is 0 Å². The fourth-order valence-corrected chi connectivity index (χ4v) is 9.35. The molecule has 7 atom stereocenters. The highest BCUT2D eigenvalue weighted by Crippen LogP contribution is 2.48. The Hall–Kier alpha value is -4.68. The first-order valence-corrected chi connectivity index (χ1v) is 22.4. The molecule has 0 bridgehead atoms. The minimum Gasteiger partial charge on any atom is -0.491 e. The number of carbonyl (C=O) groups is 4. The van der Waals surface area contributed by atoms with Gasteiger partial charge >= 0.3 is 12.3 Å². The zero-order chi connectivity index (χ0) is 44.9. The molecule has 2 aliphatic carbocycles. The lowest BCUT2D eigenvalue weighted by atomic mass is 9.85. The van der Waals surface area contributed by atoms with Gasteiger partial charge in [0, 0.05) is 18.4 Å². The van der Waals surface area contributed by atoms with Gasteiger partial charge in [-0.3, -0.25) is 19.1 Å². The number of nitrogens with one attached hydrogen (secondary N) is 3. The summed E-state index contributed by atoms with van der Waals surface area (Å²) in [7, 11) is -4.11. The summed E-state index contributed by atoms with van der Waals surface area (Å²) < 4.78 is 88.5. The number of carbonyl (C=O) groups excluding carboxylic acids is 4. The molecule has 1 saturated heterocycles. The van der Waals surface area contributed by atoms with E-state index in [2.05, 4.69) is 25.3 Å². The van der Waals surface area contributed by atoms with Crippen molar-refractivity contribution in [1.82, 2.24) is 30.2 Å². The van der Waals surface area contributed by atoms with E-state index in [1.807, 2.05) is 19.9 Å². The highest BCUT2D eigenvalue weighted by atomic mass is 32.2. The highest BCUT2D eigenvalue weighted by molar-refractivity contribution is 7.91. The van der Waals surface area contributed by atoms with E-state index in [4.69, 9.17) is 14.2 Å². The molecule has 6 rings (SSSR count). The van der Waals surface area contributed by atoms with Crippen LogP contribution in [0.25, 0.3) is 11.0 Å². The molecule has 15 nitrogen and oxygen atoms in total. The molecule has 7 unspecified atom stereocenters. The number of amides is 4. The molecular weight excluding hydrogens is 822 g/mol. The molecular formula is C42H57F3N6O9S. The van der Waals surface area contributed by atoms with Crippen LogP contribution in [0, 0.1) is 17.8 Å². The number of hydrogen-bond donors (Lipinski definition) is 3. The summed E-state index contributed by atoms with van der Waals surface area (Å²) in [4.78, 5) is 66.0. The van der Waals surface area contributed by atoms with Crippen LogP contribution in [0.4, 0.5) is 18.0 Å². The van der Waals surface area contributed by atoms with Crippen LogP contribution >= 0.6 is 0 Å². The first-order valence-electron chi connectivity index (χ1n) is 20.9. The fraction of sp³-hybridized carbons (Fsp3) is 0.667. The molecule has 2 saturated carbocycles. The quantitative estimate of drug-likeness (QED) is 0.252. The number of rotatable bonds is 9. The Balaban J connectivity index is 1.40. The SMILES string of the molecule is CCC1CC(C)CCC=CC2CC2(C(=O)NS(=O)(=O)C2(C)CC2)NC(=O)C2CC(Oc3nc4cc(OC(C)C)ccc4nc3C(F)(F)F)CN2C(=O)C1NC(=O)OC(C)(C)C. The number of fused-ring (bicyclic) bond motifs is 3.